The molecule has 0 saturated carbocycles. The number of alkyl halides is 3. The van der Waals surface area contributed by atoms with Crippen molar-refractivity contribution in [3.05, 3.63) is 82.9 Å². The van der Waals surface area contributed by atoms with Gasteiger partial charge in [-0.2, -0.15) is 13.2 Å². The van der Waals surface area contributed by atoms with E-state index in [9.17, 15) is 18.0 Å². The maximum absolute atomic E-state index is 13.3. The van der Waals surface area contributed by atoms with E-state index >= 15 is 0 Å². The summed E-state index contributed by atoms with van der Waals surface area (Å²) in [4.78, 5) is 13.3. The number of hydrogen-bond donors (Lipinski definition) is 1. The number of anilines is 1. The molecule has 1 aliphatic heterocycles. The minimum absolute atomic E-state index is 0.0576. The molecule has 0 spiro atoms. The van der Waals surface area contributed by atoms with Gasteiger partial charge < -0.3 is 5.32 Å². The minimum Gasteiger partial charge on any atom is -0.373 e. The number of carbonyl (C=O) groups excluding carboxylic acids is 1. The molecule has 3 aromatic rings. The van der Waals surface area contributed by atoms with Crippen molar-refractivity contribution < 1.29 is 18.0 Å². The molecule has 0 aromatic heterocycles. The highest BCUT2D eigenvalue weighted by atomic mass is 19.4. The van der Waals surface area contributed by atoms with Crippen molar-refractivity contribution in [3.8, 4) is 0 Å². The lowest BCUT2D eigenvalue weighted by atomic mass is 9.68. The van der Waals surface area contributed by atoms with Crippen LogP contribution >= 0.6 is 0 Å². The highest BCUT2D eigenvalue weighted by Crippen LogP contribution is 2.52. The van der Waals surface area contributed by atoms with Crippen LogP contribution < -0.4 is 5.32 Å². The monoisotopic (exact) mass is 421 g/mol. The van der Waals surface area contributed by atoms with Gasteiger partial charge in [-0.1, -0.05) is 56.3 Å². The molecule has 31 heavy (non-hydrogen) atoms. The van der Waals surface area contributed by atoms with Crippen molar-refractivity contribution in [2.45, 2.75) is 38.9 Å². The van der Waals surface area contributed by atoms with Crippen molar-refractivity contribution in [1.82, 2.24) is 0 Å². The van der Waals surface area contributed by atoms with E-state index in [0.29, 0.717) is 17.6 Å². The third-order valence-corrected chi connectivity index (χ3v) is 6.31. The molecular weight excluding hydrogens is 399 g/mol. The Hall–Kier alpha value is -3.08. The fourth-order valence-corrected chi connectivity index (χ4v) is 4.95. The van der Waals surface area contributed by atoms with Crippen LogP contribution in [0.2, 0.25) is 0 Å². The Morgan fingerprint density at radius 1 is 0.935 bits per heavy atom. The predicted octanol–water partition coefficient (Wildman–Crippen LogP) is 7.17. The number of ketones is 1. The van der Waals surface area contributed by atoms with Gasteiger partial charge in [0.05, 0.1) is 11.6 Å². The van der Waals surface area contributed by atoms with Crippen LogP contribution in [-0.2, 0) is 11.0 Å². The Bertz CT molecular complexity index is 1240. The maximum atomic E-state index is 13.3. The number of hydrogen-bond acceptors (Lipinski definition) is 2. The van der Waals surface area contributed by atoms with Crippen LogP contribution in [0.3, 0.4) is 0 Å². The average molecular weight is 421 g/mol. The molecule has 2 nitrogen and oxygen atoms in total. The summed E-state index contributed by atoms with van der Waals surface area (Å²) in [5.41, 5.74) is 3.44. The van der Waals surface area contributed by atoms with Crippen LogP contribution in [0.25, 0.3) is 16.3 Å². The third kappa shape index (κ3) is 3.32. The zero-order valence-corrected chi connectivity index (χ0v) is 17.3. The summed E-state index contributed by atoms with van der Waals surface area (Å²) in [6.45, 7) is 4.18. The average Bonchev–Trinajstić information content (AvgIpc) is 2.71. The van der Waals surface area contributed by atoms with E-state index in [1.807, 2.05) is 30.3 Å². The van der Waals surface area contributed by atoms with Gasteiger partial charge >= 0.3 is 6.18 Å². The number of halogens is 3. The molecule has 0 unspecified atom stereocenters. The lowest BCUT2D eigenvalue weighted by molar-refractivity contribution is -0.137. The van der Waals surface area contributed by atoms with Gasteiger partial charge in [0.1, 0.15) is 0 Å². The number of rotatable bonds is 1. The van der Waals surface area contributed by atoms with Gasteiger partial charge in [0.15, 0.2) is 5.78 Å². The zero-order valence-electron chi connectivity index (χ0n) is 17.3. The Labute approximate surface area is 178 Å². The van der Waals surface area contributed by atoms with E-state index in [1.165, 1.54) is 12.1 Å². The Morgan fingerprint density at radius 2 is 1.65 bits per heavy atom. The summed E-state index contributed by atoms with van der Waals surface area (Å²) in [5.74, 6) is 0.0576. The SMILES string of the molecule is CC1(C)CC(=O)C2=C(C1)c1c(ccc3ccccc13)N[C@@H]2c1ccc(C(F)(F)F)cc1. The molecule has 1 N–H and O–H groups in total. The summed E-state index contributed by atoms with van der Waals surface area (Å²) >= 11 is 0. The van der Waals surface area contributed by atoms with Crippen LogP contribution in [0.15, 0.2) is 66.2 Å². The van der Waals surface area contributed by atoms with Gasteiger partial charge in [-0.25, -0.2) is 0 Å². The molecule has 158 valence electrons. The number of benzene rings is 3. The summed E-state index contributed by atoms with van der Waals surface area (Å²) in [6, 6.07) is 16.8. The normalized spacial score (nSPS) is 20.3. The molecule has 3 aromatic carbocycles. The van der Waals surface area contributed by atoms with E-state index in [0.717, 1.165) is 46.1 Å². The van der Waals surface area contributed by atoms with Gasteiger partial charge in [0.25, 0.3) is 0 Å². The summed E-state index contributed by atoms with van der Waals surface area (Å²) in [7, 11) is 0. The van der Waals surface area contributed by atoms with E-state index in [1.54, 1.807) is 0 Å². The lowest BCUT2D eigenvalue weighted by Crippen LogP contribution is -2.33. The fraction of sp³-hybridized carbons (Fsp3) is 0.269. The molecule has 2 aliphatic rings. The predicted molar refractivity (Wildman–Crippen MR) is 117 cm³/mol. The first-order valence-corrected chi connectivity index (χ1v) is 10.4. The molecule has 0 radical (unpaired) electrons. The van der Waals surface area contributed by atoms with Gasteiger partial charge in [-0.15, -0.1) is 0 Å². The van der Waals surface area contributed by atoms with Crippen LogP contribution in [0.4, 0.5) is 18.9 Å². The molecule has 5 heteroatoms. The number of nitrogens with one attached hydrogen (secondary N) is 1. The second kappa shape index (κ2) is 6.71. The standard InChI is InChI=1S/C26H22F3NO/c1-25(2)13-19-22-18-6-4-3-5-15(18)9-12-20(22)30-24(23(19)21(31)14-25)16-7-10-17(11-8-16)26(27,28)29/h3-12,24,30H,13-14H2,1-2H3/t24-/m1/s1. The summed E-state index contributed by atoms with van der Waals surface area (Å²) in [5, 5.41) is 5.64. The zero-order chi connectivity index (χ0) is 22.0. The van der Waals surface area contributed by atoms with Crippen molar-refractivity contribution in [3.63, 3.8) is 0 Å². The van der Waals surface area contributed by atoms with Crippen LogP contribution in [0.5, 0.6) is 0 Å². The summed E-state index contributed by atoms with van der Waals surface area (Å²) in [6.07, 6.45) is -3.22. The van der Waals surface area contributed by atoms with Gasteiger partial charge in [0, 0.05) is 23.2 Å². The Balaban J connectivity index is 1.72. The van der Waals surface area contributed by atoms with Crippen molar-refractivity contribution in [2.75, 3.05) is 5.32 Å². The van der Waals surface area contributed by atoms with Crippen LogP contribution in [0, 0.1) is 5.41 Å². The first kappa shape index (κ1) is 19.9. The molecule has 5 rings (SSSR count). The molecular formula is C26H22F3NO. The van der Waals surface area contributed by atoms with Crippen molar-refractivity contribution >= 4 is 27.8 Å². The van der Waals surface area contributed by atoms with Gasteiger partial charge in [-0.05, 0) is 51.9 Å². The molecule has 1 atom stereocenters. The number of carbonyl (C=O) groups is 1. The highest BCUT2D eigenvalue weighted by Gasteiger charge is 2.41. The summed E-state index contributed by atoms with van der Waals surface area (Å²) < 4.78 is 39.1. The Kier molecular flexibility index (Phi) is 4.30. The highest BCUT2D eigenvalue weighted by molar-refractivity contribution is 6.12. The molecule has 0 fully saturated rings. The fourth-order valence-electron chi connectivity index (χ4n) is 4.95. The third-order valence-electron chi connectivity index (χ3n) is 6.31. The molecule has 1 aliphatic carbocycles. The smallest absolute Gasteiger partial charge is 0.373 e. The van der Waals surface area contributed by atoms with E-state index in [4.69, 9.17) is 0 Å². The van der Waals surface area contributed by atoms with Crippen LogP contribution in [-0.4, -0.2) is 5.78 Å². The van der Waals surface area contributed by atoms with Gasteiger partial charge in [-0.3, -0.25) is 4.79 Å². The molecule has 1 heterocycles. The molecule has 0 saturated heterocycles. The second-order valence-electron chi connectivity index (χ2n) is 9.24. The van der Waals surface area contributed by atoms with Crippen molar-refractivity contribution in [2.24, 2.45) is 5.41 Å². The molecule has 0 amide bonds. The topological polar surface area (TPSA) is 29.1 Å². The van der Waals surface area contributed by atoms with E-state index < -0.39 is 17.8 Å². The van der Waals surface area contributed by atoms with E-state index in [2.05, 4.69) is 25.2 Å². The first-order valence-electron chi connectivity index (χ1n) is 10.4. The Morgan fingerprint density at radius 3 is 2.35 bits per heavy atom. The van der Waals surface area contributed by atoms with Gasteiger partial charge in [0.2, 0.25) is 0 Å². The molecule has 0 bridgehead atoms. The quantitative estimate of drug-likeness (QED) is 0.451. The number of Topliss-reactive ketones (excluding diaryl/α,β-unsaturated/α-hetero) is 1. The van der Waals surface area contributed by atoms with E-state index in [-0.39, 0.29) is 11.2 Å². The number of fused-ring (bicyclic) bond motifs is 4. The lowest BCUT2D eigenvalue weighted by Gasteiger charge is -2.40. The maximum Gasteiger partial charge on any atom is 0.416 e. The number of allylic oxidation sites excluding steroid dienone is 1. The van der Waals surface area contributed by atoms with Crippen molar-refractivity contribution in [1.29, 1.82) is 0 Å². The largest absolute Gasteiger partial charge is 0.416 e. The second-order valence-corrected chi connectivity index (χ2v) is 9.24. The van der Waals surface area contributed by atoms with Crippen LogP contribution in [0.1, 0.15) is 49.4 Å². The minimum atomic E-state index is -4.39. The first-order chi connectivity index (χ1) is 14.6.